The second-order valence-corrected chi connectivity index (χ2v) is 6.00. The smallest absolute Gasteiger partial charge is 0.339 e. The molecule has 0 aliphatic carbocycles. The Bertz CT molecular complexity index is 720. The molecule has 0 radical (unpaired) electrons. The Morgan fingerprint density at radius 3 is 2.16 bits per heavy atom. The standard InChI is InChI=1S/C20H25NO4/c1-6-24-18(22)16-13-17(19(23)25-7-2)20(4,21(5)14(16)3)15-11-9-8-10-12-15/h8-13H,6-7H2,1-5H3/t20-/m0/s1. The summed E-state index contributed by atoms with van der Waals surface area (Å²) in [5, 5.41) is 0. The average molecular weight is 343 g/mol. The van der Waals surface area contributed by atoms with Crippen LogP contribution in [0.25, 0.3) is 0 Å². The van der Waals surface area contributed by atoms with E-state index >= 15 is 0 Å². The predicted molar refractivity (Wildman–Crippen MR) is 95.6 cm³/mol. The van der Waals surface area contributed by atoms with E-state index in [4.69, 9.17) is 9.47 Å². The Morgan fingerprint density at radius 2 is 1.60 bits per heavy atom. The van der Waals surface area contributed by atoms with Crippen LogP contribution in [0, 0.1) is 0 Å². The van der Waals surface area contributed by atoms with Gasteiger partial charge in [-0.15, -0.1) is 0 Å². The number of benzene rings is 1. The van der Waals surface area contributed by atoms with E-state index in [9.17, 15) is 9.59 Å². The molecular weight excluding hydrogens is 318 g/mol. The minimum Gasteiger partial charge on any atom is -0.463 e. The van der Waals surface area contributed by atoms with Gasteiger partial charge in [-0.1, -0.05) is 30.3 Å². The van der Waals surface area contributed by atoms with Crippen LogP contribution in [0.5, 0.6) is 0 Å². The summed E-state index contributed by atoms with van der Waals surface area (Å²) in [6.45, 7) is 7.87. The molecule has 1 atom stereocenters. The van der Waals surface area contributed by atoms with Gasteiger partial charge < -0.3 is 14.4 Å². The lowest BCUT2D eigenvalue weighted by Gasteiger charge is -2.45. The molecule has 134 valence electrons. The summed E-state index contributed by atoms with van der Waals surface area (Å²) in [7, 11) is 1.87. The van der Waals surface area contributed by atoms with Gasteiger partial charge in [0.1, 0.15) is 0 Å². The molecule has 1 heterocycles. The van der Waals surface area contributed by atoms with Gasteiger partial charge in [0.2, 0.25) is 0 Å². The molecule has 0 bridgehead atoms. The molecule has 0 unspecified atom stereocenters. The molecule has 0 aromatic heterocycles. The number of allylic oxidation sites excluding steroid dienone is 1. The molecule has 0 spiro atoms. The molecule has 0 amide bonds. The van der Waals surface area contributed by atoms with Crippen LogP contribution >= 0.6 is 0 Å². The van der Waals surface area contributed by atoms with Crippen LogP contribution in [-0.4, -0.2) is 37.1 Å². The van der Waals surface area contributed by atoms with Crippen LogP contribution in [-0.2, 0) is 24.6 Å². The highest BCUT2D eigenvalue weighted by Crippen LogP contribution is 2.42. The van der Waals surface area contributed by atoms with Gasteiger partial charge in [-0.3, -0.25) is 0 Å². The van der Waals surface area contributed by atoms with Crippen LogP contribution in [0.4, 0.5) is 0 Å². The molecular formula is C20H25NO4. The number of esters is 2. The van der Waals surface area contributed by atoms with Gasteiger partial charge in [0.05, 0.1) is 29.9 Å². The number of ether oxygens (including phenoxy) is 2. The summed E-state index contributed by atoms with van der Waals surface area (Å²) in [5.74, 6) is -0.876. The summed E-state index contributed by atoms with van der Waals surface area (Å²) >= 11 is 0. The van der Waals surface area contributed by atoms with Gasteiger partial charge in [0.15, 0.2) is 0 Å². The summed E-state index contributed by atoms with van der Waals surface area (Å²) < 4.78 is 10.4. The van der Waals surface area contributed by atoms with Gasteiger partial charge in [0, 0.05) is 12.7 Å². The van der Waals surface area contributed by atoms with Crippen LogP contribution in [0.3, 0.4) is 0 Å². The molecule has 2 rings (SSSR count). The van der Waals surface area contributed by atoms with Crippen molar-refractivity contribution in [3.8, 4) is 0 Å². The molecule has 1 aromatic rings. The van der Waals surface area contributed by atoms with Crippen molar-refractivity contribution in [1.82, 2.24) is 4.90 Å². The van der Waals surface area contributed by atoms with Crippen molar-refractivity contribution >= 4 is 11.9 Å². The molecule has 1 aliphatic rings. The van der Waals surface area contributed by atoms with Crippen molar-refractivity contribution < 1.29 is 19.1 Å². The number of carbonyl (C=O) groups excluding carboxylic acids is 2. The Morgan fingerprint density at radius 1 is 1.04 bits per heavy atom. The van der Waals surface area contributed by atoms with Gasteiger partial charge in [-0.05, 0) is 39.3 Å². The third-order valence-corrected chi connectivity index (χ3v) is 4.70. The topological polar surface area (TPSA) is 55.8 Å². The largest absolute Gasteiger partial charge is 0.463 e. The molecule has 0 N–H and O–H groups in total. The summed E-state index contributed by atoms with van der Waals surface area (Å²) in [5.41, 5.74) is 1.74. The Kier molecular flexibility index (Phi) is 5.67. The molecule has 25 heavy (non-hydrogen) atoms. The van der Waals surface area contributed by atoms with Gasteiger partial charge in [-0.2, -0.15) is 0 Å². The molecule has 1 aromatic carbocycles. The van der Waals surface area contributed by atoms with Gasteiger partial charge in [-0.25, -0.2) is 9.59 Å². The number of hydrogen-bond acceptors (Lipinski definition) is 5. The number of nitrogens with zero attached hydrogens (tertiary/aromatic N) is 1. The first kappa shape index (κ1) is 18.8. The first-order chi connectivity index (χ1) is 11.9. The Balaban J connectivity index is 2.64. The van der Waals surface area contributed by atoms with Gasteiger partial charge >= 0.3 is 11.9 Å². The predicted octanol–water partition coefficient (Wildman–Crippen LogP) is 3.17. The zero-order valence-electron chi connectivity index (χ0n) is 15.5. The van der Waals surface area contributed by atoms with E-state index in [-0.39, 0.29) is 13.2 Å². The maximum absolute atomic E-state index is 12.7. The van der Waals surface area contributed by atoms with Crippen molar-refractivity contribution in [3.63, 3.8) is 0 Å². The lowest BCUT2D eigenvalue weighted by molar-refractivity contribution is -0.140. The average Bonchev–Trinajstić information content (AvgIpc) is 2.61. The number of rotatable bonds is 5. The van der Waals surface area contributed by atoms with E-state index in [2.05, 4.69) is 0 Å². The monoisotopic (exact) mass is 343 g/mol. The first-order valence-corrected chi connectivity index (χ1v) is 8.44. The van der Waals surface area contributed by atoms with Gasteiger partial charge in [0.25, 0.3) is 0 Å². The summed E-state index contributed by atoms with van der Waals surface area (Å²) in [6.07, 6.45) is 1.61. The van der Waals surface area contributed by atoms with E-state index < -0.39 is 17.5 Å². The maximum atomic E-state index is 12.7. The second-order valence-electron chi connectivity index (χ2n) is 6.00. The van der Waals surface area contributed by atoms with Crippen molar-refractivity contribution in [2.75, 3.05) is 20.3 Å². The SMILES string of the molecule is CCOC(=O)C1=CC(C(=O)OCC)=C(C)N(C)[C@@]1(C)c1ccccc1. The zero-order chi connectivity index (χ0) is 18.6. The lowest BCUT2D eigenvalue weighted by atomic mass is 9.78. The fourth-order valence-electron chi connectivity index (χ4n) is 3.08. The highest BCUT2D eigenvalue weighted by molar-refractivity contribution is 5.99. The zero-order valence-corrected chi connectivity index (χ0v) is 15.5. The summed E-state index contributed by atoms with van der Waals surface area (Å²) in [6, 6.07) is 9.71. The Labute approximate surface area is 148 Å². The van der Waals surface area contributed by atoms with E-state index in [0.29, 0.717) is 11.1 Å². The number of likely N-dealkylation sites (N-methyl/N-ethyl adjacent to an activating group) is 1. The fourth-order valence-corrected chi connectivity index (χ4v) is 3.08. The third kappa shape index (κ3) is 3.31. The van der Waals surface area contributed by atoms with Crippen molar-refractivity contribution in [2.45, 2.75) is 33.2 Å². The van der Waals surface area contributed by atoms with Crippen LogP contribution < -0.4 is 0 Å². The molecule has 0 saturated heterocycles. The second kappa shape index (κ2) is 7.55. The van der Waals surface area contributed by atoms with Crippen LogP contribution in [0.2, 0.25) is 0 Å². The molecule has 5 nitrogen and oxygen atoms in total. The van der Waals surface area contributed by atoms with E-state index in [0.717, 1.165) is 11.3 Å². The highest BCUT2D eigenvalue weighted by Gasteiger charge is 2.44. The van der Waals surface area contributed by atoms with Crippen molar-refractivity contribution in [2.24, 2.45) is 0 Å². The van der Waals surface area contributed by atoms with Crippen molar-refractivity contribution in [1.29, 1.82) is 0 Å². The Hall–Kier alpha value is -2.56. The fraction of sp³-hybridized carbons (Fsp3) is 0.400. The number of hydrogen-bond donors (Lipinski definition) is 0. The molecule has 5 heteroatoms. The van der Waals surface area contributed by atoms with E-state index in [1.165, 1.54) is 0 Å². The molecule has 1 aliphatic heterocycles. The normalized spacial score (nSPS) is 20.2. The summed E-state index contributed by atoms with van der Waals surface area (Å²) in [4.78, 5) is 26.9. The molecule has 0 saturated carbocycles. The lowest BCUT2D eigenvalue weighted by Crippen LogP contribution is -2.47. The first-order valence-electron chi connectivity index (χ1n) is 8.44. The van der Waals surface area contributed by atoms with E-state index in [1.807, 2.05) is 56.1 Å². The quantitative estimate of drug-likeness (QED) is 0.769. The molecule has 0 fully saturated rings. The third-order valence-electron chi connectivity index (χ3n) is 4.70. The minimum atomic E-state index is -0.742. The van der Waals surface area contributed by atoms with Crippen LogP contribution in [0.15, 0.2) is 53.3 Å². The highest BCUT2D eigenvalue weighted by atomic mass is 16.5. The van der Waals surface area contributed by atoms with Crippen molar-refractivity contribution in [3.05, 3.63) is 58.8 Å². The van der Waals surface area contributed by atoms with Crippen LogP contribution in [0.1, 0.15) is 33.3 Å². The maximum Gasteiger partial charge on any atom is 0.339 e. The van der Waals surface area contributed by atoms with E-state index in [1.54, 1.807) is 19.9 Å². The number of carbonyl (C=O) groups is 2. The minimum absolute atomic E-state index is 0.266.